The number of carboxylic acid groups (broad SMARTS) is 1. The Morgan fingerprint density at radius 3 is 2.38 bits per heavy atom. The summed E-state index contributed by atoms with van der Waals surface area (Å²) in [5.41, 5.74) is 4.24. The molecule has 2 aromatic heterocycles. The van der Waals surface area contributed by atoms with Crippen molar-refractivity contribution in [1.82, 2.24) is 5.32 Å². The van der Waals surface area contributed by atoms with Gasteiger partial charge in [0, 0.05) is 22.4 Å². The molecule has 2 aromatic carbocycles. The average molecular weight is 462 g/mol. The molecule has 0 aliphatic carbocycles. The van der Waals surface area contributed by atoms with Crippen molar-refractivity contribution in [3.05, 3.63) is 69.8 Å². The van der Waals surface area contributed by atoms with Gasteiger partial charge in [0.2, 0.25) is 5.91 Å². The summed E-state index contributed by atoms with van der Waals surface area (Å²) in [6, 6.07) is 10.7. The van der Waals surface area contributed by atoms with E-state index < -0.39 is 23.5 Å². The molecule has 2 heterocycles. The highest BCUT2D eigenvalue weighted by atomic mass is 16.4. The third-order valence-corrected chi connectivity index (χ3v) is 6.02. The SMILES string of the molecule is Cc1ccc(-c2coc3cc4oc(=O)c(CC(=O)N[C@@H](CC(C)C)C(=O)O)c(C)c4cc23)cc1. The number of carbonyl (C=O) groups excluding carboxylic acids is 1. The van der Waals surface area contributed by atoms with Crippen LogP contribution in [0, 0.1) is 19.8 Å². The van der Waals surface area contributed by atoms with Gasteiger partial charge in [0.1, 0.15) is 17.2 Å². The van der Waals surface area contributed by atoms with Crippen molar-refractivity contribution in [2.75, 3.05) is 0 Å². The molecule has 0 unspecified atom stereocenters. The van der Waals surface area contributed by atoms with E-state index >= 15 is 0 Å². The van der Waals surface area contributed by atoms with Crippen LogP contribution in [0.3, 0.4) is 0 Å². The van der Waals surface area contributed by atoms with Crippen LogP contribution in [0.5, 0.6) is 0 Å². The fourth-order valence-corrected chi connectivity index (χ4v) is 4.17. The van der Waals surface area contributed by atoms with Crippen molar-refractivity contribution < 1.29 is 23.5 Å². The first-order valence-corrected chi connectivity index (χ1v) is 11.2. The molecule has 0 bridgehead atoms. The zero-order valence-corrected chi connectivity index (χ0v) is 19.6. The maximum atomic E-state index is 12.7. The number of hydrogen-bond acceptors (Lipinski definition) is 5. The van der Waals surface area contributed by atoms with E-state index in [0.29, 0.717) is 28.5 Å². The van der Waals surface area contributed by atoms with E-state index in [-0.39, 0.29) is 17.9 Å². The van der Waals surface area contributed by atoms with Crippen molar-refractivity contribution in [3.63, 3.8) is 0 Å². The number of aliphatic carboxylic acids is 1. The summed E-state index contributed by atoms with van der Waals surface area (Å²) in [7, 11) is 0. The molecule has 4 aromatic rings. The van der Waals surface area contributed by atoms with Crippen molar-refractivity contribution in [2.24, 2.45) is 5.92 Å². The van der Waals surface area contributed by atoms with Crippen molar-refractivity contribution >= 4 is 33.8 Å². The summed E-state index contributed by atoms with van der Waals surface area (Å²) in [5, 5.41) is 13.5. The van der Waals surface area contributed by atoms with E-state index in [2.05, 4.69) is 5.32 Å². The third kappa shape index (κ3) is 4.59. The van der Waals surface area contributed by atoms with Gasteiger partial charge in [0.25, 0.3) is 0 Å². The smallest absolute Gasteiger partial charge is 0.340 e. The molecule has 176 valence electrons. The van der Waals surface area contributed by atoms with E-state index in [0.717, 1.165) is 22.1 Å². The molecule has 0 fully saturated rings. The number of benzene rings is 2. The normalized spacial score (nSPS) is 12.4. The lowest BCUT2D eigenvalue weighted by Crippen LogP contribution is -2.42. The minimum Gasteiger partial charge on any atom is -0.480 e. The highest BCUT2D eigenvalue weighted by Gasteiger charge is 2.23. The van der Waals surface area contributed by atoms with Gasteiger partial charge in [0.15, 0.2) is 0 Å². The Kier molecular flexibility index (Phi) is 6.28. The summed E-state index contributed by atoms with van der Waals surface area (Å²) in [4.78, 5) is 36.8. The molecule has 1 amide bonds. The number of aryl methyl sites for hydroxylation is 2. The van der Waals surface area contributed by atoms with Crippen molar-refractivity contribution in [3.8, 4) is 11.1 Å². The minimum absolute atomic E-state index is 0.0916. The zero-order chi connectivity index (χ0) is 24.6. The molecule has 7 nitrogen and oxygen atoms in total. The number of nitrogens with one attached hydrogen (secondary N) is 1. The van der Waals surface area contributed by atoms with Gasteiger partial charge in [-0.3, -0.25) is 4.79 Å². The molecule has 0 radical (unpaired) electrons. The van der Waals surface area contributed by atoms with Crippen LogP contribution < -0.4 is 10.9 Å². The molecule has 0 aliphatic rings. The summed E-state index contributed by atoms with van der Waals surface area (Å²) >= 11 is 0. The predicted octanol–water partition coefficient (Wildman–Crippen LogP) is 4.98. The zero-order valence-electron chi connectivity index (χ0n) is 19.6. The van der Waals surface area contributed by atoms with Crippen molar-refractivity contribution in [2.45, 2.75) is 46.6 Å². The molecule has 0 spiro atoms. The Bertz CT molecular complexity index is 1440. The quantitative estimate of drug-likeness (QED) is 0.376. The van der Waals surface area contributed by atoms with Crippen LogP contribution in [0.25, 0.3) is 33.1 Å². The van der Waals surface area contributed by atoms with Crippen LogP contribution in [0.2, 0.25) is 0 Å². The Morgan fingerprint density at radius 1 is 1.03 bits per heavy atom. The molecule has 1 atom stereocenters. The Hall–Kier alpha value is -3.87. The number of rotatable bonds is 7. The van der Waals surface area contributed by atoms with E-state index in [9.17, 15) is 19.5 Å². The van der Waals surface area contributed by atoms with Crippen molar-refractivity contribution in [1.29, 1.82) is 0 Å². The monoisotopic (exact) mass is 461 g/mol. The van der Waals surface area contributed by atoms with Gasteiger partial charge in [-0.1, -0.05) is 43.7 Å². The fourth-order valence-electron chi connectivity index (χ4n) is 4.17. The van der Waals surface area contributed by atoms with Crippen LogP contribution in [0.15, 0.2) is 56.3 Å². The maximum Gasteiger partial charge on any atom is 0.340 e. The summed E-state index contributed by atoms with van der Waals surface area (Å²) in [5.74, 6) is -1.54. The van der Waals surface area contributed by atoms with Crippen LogP contribution in [0.1, 0.15) is 37.0 Å². The third-order valence-electron chi connectivity index (χ3n) is 6.02. The van der Waals surface area contributed by atoms with E-state index in [4.69, 9.17) is 8.83 Å². The number of carbonyl (C=O) groups is 2. The second-order valence-corrected chi connectivity index (χ2v) is 9.12. The van der Waals surface area contributed by atoms with E-state index in [1.165, 1.54) is 0 Å². The summed E-state index contributed by atoms with van der Waals surface area (Å²) in [6.07, 6.45) is 1.71. The number of carboxylic acids is 1. The molecular weight excluding hydrogens is 434 g/mol. The second kappa shape index (κ2) is 9.17. The molecule has 4 rings (SSSR count). The summed E-state index contributed by atoms with van der Waals surface area (Å²) in [6.45, 7) is 7.55. The highest BCUT2D eigenvalue weighted by molar-refractivity contribution is 6.02. The lowest BCUT2D eigenvalue weighted by molar-refractivity contribution is -0.142. The molecule has 2 N–H and O–H groups in total. The topological polar surface area (TPSA) is 110 Å². The first kappa shape index (κ1) is 23.3. The van der Waals surface area contributed by atoms with Gasteiger partial charge in [-0.2, -0.15) is 0 Å². The first-order chi connectivity index (χ1) is 16.1. The van der Waals surface area contributed by atoms with Crippen LogP contribution >= 0.6 is 0 Å². The second-order valence-electron chi connectivity index (χ2n) is 9.12. The molecular formula is C27H27NO6. The first-order valence-electron chi connectivity index (χ1n) is 11.2. The summed E-state index contributed by atoms with van der Waals surface area (Å²) < 4.78 is 11.3. The van der Waals surface area contributed by atoms with E-state index in [1.807, 2.05) is 51.1 Å². The number of furan rings is 1. The van der Waals surface area contributed by atoms with Crippen LogP contribution in [-0.2, 0) is 16.0 Å². The molecule has 0 aliphatic heterocycles. The number of hydrogen-bond donors (Lipinski definition) is 2. The van der Waals surface area contributed by atoms with Gasteiger partial charge in [0.05, 0.1) is 18.2 Å². The molecule has 0 saturated carbocycles. The lowest BCUT2D eigenvalue weighted by Gasteiger charge is -2.16. The van der Waals surface area contributed by atoms with E-state index in [1.54, 1.807) is 19.3 Å². The molecule has 0 saturated heterocycles. The predicted molar refractivity (Wildman–Crippen MR) is 130 cm³/mol. The van der Waals surface area contributed by atoms with Gasteiger partial charge in [-0.15, -0.1) is 0 Å². The van der Waals surface area contributed by atoms with Crippen LogP contribution in [-0.4, -0.2) is 23.0 Å². The van der Waals surface area contributed by atoms with Gasteiger partial charge in [-0.25, -0.2) is 9.59 Å². The Morgan fingerprint density at radius 2 is 1.74 bits per heavy atom. The van der Waals surface area contributed by atoms with Gasteiger partial charge in [-0.05, 0) is 43.4 Å². The largest absolute Gasteiger partial charge is 0.480 e. The number of amides is 1. The minimum atomic E-state index is -1.10. The fraction of sp³-hybridized carbons (Fsp3) is 0.296. The standard InChI is InChI=1S/C27H27NO6/c1-14(2)9-22(26(30)31)28-25(29)11-19-16(4)18-10-20-21(17-7-5-15(3)6-8-17)13-33-23(20)12-24(18)34-27(19)32/h5-8,10,12-14,22H,9,11H2,1-4H3,(H,28,29)(H,30,31)/t22-/m0/s1. The number of fused-ring (bicyclic) bond motifs is 2. The Labute approximate surface area is 196 Å². The van der Waals surface area contributed by atoms with Gasteiger partial charge >= 0.3 is 11.6 Å². The van der Waals surface area contributed by atoms with Crippen LogP contribution in [0.4, 0.5) is 0 Å². The Balaban J connectivity index is 1.72. The lowest BCUT2D eigenvalue weighted by atomic mass is 9.98. The maximum absolute atomic E-state index is 12.7. The highest BCUT2D eigenvalue weighted by Crippen LogP contribution is 2.34. The van der Waals surface area contributed by atoms with Gasteiger partial charge < -0.3 is 19.3 Å². The molecule has 7 heteroatoms. The average Bonchev–Trinajstić information content (AvgIpc) is 3.18. The molecule has 34 heavy (non-hydrogen) atoms.